The van der Waals surface area contributed by atoms with Crippen LogP contribution in [0.15, 0.2) is 42.5 Å². The predicted molar refractivity (Wildman–Crippen MR) is 74.6 cm³/mol. The average Bonchev–Trinajstić information content (AvgIpc) is 2.34. The van der Waals surface area contributed by atoms with Crippen molar-refractivity contribution in [2.45, 2.75) is 6.92 Å². The zero-order valence-electron chi connectivity index (χ0n) is 10.4. The van der Waals surface area contributed by atoms with E-state index in [2.05, 4.69) is 10.6 Å². The van der Waals surface area contributed by atoms with Crippen LogP contribution in [0.1, 0.15) is 5.56 Å². The normalized spacial score (nSPS) is 10.0. The van der Waals surface area contributed by atoms with Gasteiger partial charge < -0.3 is 16.4 Å². The van der Waals surface area contributed by atoms with E-state index >= 15 is 0 Å². The van der Waals surface area contributed by atoms with E-state index < -0.39 is 11.8 Å². The molecule has 2 amide bonds. The minimum atomic E-state index is -0.510. The highest BCUT2D eigenvalue weighted by atomic mass is 19.1. The van der Waals surface area contributed by atoms with Crippen molar-refractivity contribution in [2.75, 3.05) is 16.4 Å². The number of anilines is 3. The Morgan fingerprint density at radius 2 is 1.79 bits per heavy atom. The number of hydrogen-bond acceptors (Lipinski definition) is 2. The SMILES string of the molecule is Cc1cccc(NC(=O)Nc2ccc(F)c(N)c2)c1. The van der Waals surface area contributed by atoms with Crippen molar-refractivity contribution in [2.24, 2.45) is 0 Å². The smallest absolute Gasteiger partial charge is 0.323 e. The largest absolute Gasteiger partial charge is 0.396 e. The molecule has 4 N–H and O–H groups in total. The fourth-order valence-corrected chi connectivity index (χ4v) is 1.64. The van der Waals surface area contributed by atoms with Gasteiger partial charge in [0.05, 0.1) is 5.69 Å². The van der Waals surface area contributed by atoms with Crippen LogP contribution in [0.5, 0.6) is 0 Å². The summed E-state index contributed by atoms with van der Waals surface area (Å²) in [6.45, 7) is 1.93. The number of nitrogen functional groups attached to an aromatic ring is 1. The summed E-state index contributed by atoms with van der Waals surface area (Å²) in [4.78, 5) is 11.7. The molecule has 0 spiro atoms. The second-order valence-electron chi connectivity index (χ2n) is 4.18. The standard InChI is InChI=1S/C14H14FN3O/c1-9-3-2-4-10(7-9)17-14(19)18-11-5-6-12(15)13(16)8-11/h2-8H,16H2,1H3,(H2,17,18,19). The molecule has 2 aromatic carbocycles. The molecular formula is C14H14FN3O. The fourth-order valence-electron chi connectivity index (χ4n) is 1.64. The first kappa shape index (κ1) is 12.9. The summed E-state index contributed by atoms with van der Waals surface area (Å²) in [5.74, 6) is -0.510. The number of urea groups is 1. The number of rotatable bonds is 2. The number of halogens is 1. The summed E-state index contributed by atoms with van der Waals surface area (Å²) in [6.07, 6.45) is 0. The van der Waals surface area contributed by atoms with Gasteiger partial charge in [0.25, 0.3) is 0 Å². The number of carbonyl (C=O) groups is 1. The quantitative estimate of drug-likeness (QED) is 0.724. The lowest BCUT2D eigenvalue weighted by Gasteiger charge is -2.08. The van der Waals surface area contributed by atoms with E-state index in [4.69, 9.17) is 5.73 Å². The van der Waals surface area contributed by atoms with Gasteiger partial charge in [-0.2, -0.15) is 0 Å². The Morgan fingerprint density at radius 3 is 2.42 bits per heavy atom. The van der Waals surface area contributed by atoms with Crippen molar-refractivity contribution in [3.63, 3.8) is 0 Å². The molecule has 0 atom stereocenters. The molecule has 0 aliphatic carbocycles. The van der Waals surface area contributed by atoms with E-state index in [9.17, 15) is 9.18 Å². The minimum absolute atomic E-state index is 0.00615. The number of nitrogens with two attached hydrogens (primary N) is 1. The lowest BCUT2D eigenvalue weighted by atomic mass is 10.2. The Balaban J connectivity index is 2.03. The Morgan fingerprint density at radius 1 is 1.11 bits per heavy atom. The van der Waals surface area contributed by atoms with E-state index in [1.807, 2.05) is 25.1 Å². The van der Waals surface area contributed by atoms with Gasteiger partial charge in [0.2, 0.25) is 0 Å². The van der Waals surface area contributed by atoms with Crippen LogP contribution in [0.3, 0.4) is 0 Å². The molecule has 98 valence electrons. The van der Waals surface area contributed by atoms with Gasteiger partial charge in [-0.05, 0) is 42.8 Å². The molecule has 19 heavy (non-hydrogen) atoms. The summed E-state index contributed by atoms with van der Waals surface area (Å²) in [5.41, 5.74) is 7.58. The van der Waals surface area contributed by atoms with Gasteiger partial charge in [0, 0.05) is 11.4 Å². The first-order valence-corrected chi connectivity index (χ1v) is 5.74. The van der Waals surface area contributed by atoms with E-state index in [1.165, 1.54) is 18.2 Å². The number of amides is 2. The number of nitrogens with one attached hydrogen (secondary N) is 2. The first-order valence-electron chi connectivity index (χ1n) is 5.74. The maximum Gasteiger partial charge on any atom is 0.323 e. The number of aryl methyl sites for hydroxylation is 1. The highest BCUT2D eigenvalue weighted by Gasteiger charge is 2.04. The van der Waals surface area contributed by atoms with Crippen LogP contribution in [0, 0.1) is 12.7 Å². The monoisotopic (exact) mass is 259 g/mol. The third-order valence-corrected chi connectivity index (χ3v) is 2.53. The molecule has 0 aliphatic heterocycles. The summed E-state index contributed by atoms with van der Waals surface area (Å²) in [6, 6.07) is 11.0. The fraction of sp³-hybridized carbons (Fsp3) is 0.0714. The third-order valence-electron chi connectivity index (χ3n) is 2.53. The Labute approximate surface area is 110 Å². The summed E-state index contributed by atoms with van der Waals surface area (Å²) in [5, 5.41) is 5.26. The van der Waals surface area contributed by atoms with E-state index in [1.54, 1.807) is 6.07 Å². The van der Waals surface area contributed by atoms with Crippen molar-refractivity contribution >= 4 is 23.1 Å². The van der Waals surface area contributed by atoms with Crippen LogP contribution in [0.2, 0.25) is 0 Å². The van der Waals surface area contributed by atoms with Gasteiger partial charge in [-0.1, -0.05) is 12.1 Å². The van der Waals surface area contributed by atoms with Crippen LogP contribution in [0.4, 0.5) is 26.2 Å². The zero-order chi connectivity index (χ0) is 13.8. The van der Waals surface area contributed by atoms with Gasteiger partial charge >= 0.3 is 6.03 Å². The second kappa shape index (κ2) is 5.39. The van der Waals surface area contributed by atoms with E-state index in [0.29, 0.717) is 11.4 Å². The molecule has 0 heterocycles. The summed E-state index contributed by atoms with van der Waals surface area (Å²) >= 11 is 0. The number of carbonyl (C=O) groups excluding carboxylic acids is 1. The van der Waals surface area contributed by atoms with Crippen LogP contribution < -0.4 is 16.4 Å². The molecule has 4 nitrogen and oxygen atoms in total. The van der Waals surface area contributed by atoms with Gasteiger partial charge in [-0.25, -0.2) is 9.18 Å². The summed E-state index contributed by atoms with van der Waals surface area (Å²) < 4.78 is 13.0. The molecule has 0 fully saturated rings. The van der Waals surface area contributed by atoms with Crippen molar-refractivity contribution in [1.82, 2.24) is 0 Å². The van der Waals surface area contributed by atoms with Crippen molar-refractivity contribution < 1.29 is 9.18 Å². The Bertz CT molecular complexity index is 613. The van der Waals surface area contributed by atoms with Crippen LogP contribution >= 0.6 is 0 Å². The lowest BCUT2D eigenvalue weighted by Crippen LogP contribution is -2.19. The number of hydrogen-bond donors (Lipinski definition) is 3. The van der Waals surface area contributed by atoms with Gasteiger partial charge in [0.1, 0.15) is 5.82 Å². The minimum Gasteiger partial charge on any atom is -0.396 e. The molecule has 0 bridgehead atoms. The number of benzene rings is 2. The topological polar surface area (TPSA) is 67.2 Å². The molecule has 5 heteroatoms. The lowest BCUT2D eigenvalue weighted by molar-refractivity contribution is 0.262. The van der Waals surface area contributed by atoms with Gasteiger partial charge in [0.15, 0.2) is 0 Å². The maximum atomic E-state index is 13.0. The molecule has 0 saturated carbocycles. The molecular weight excluding hydrogens is 245 g/mol. The molecule has 0 radical (unpaired) electrons. The Hall–Kier alpha value is -2.56. The van der Waals surface area contributed by atoms with E-state index in [-0.39, 0.29) is 5.69 Å². The van der Waals surface area contributed by atoms with Crippen molar-refractivity contribution in [1.29, 1.82) is 0 Å². The van der Waals surface area contributed by atoms with Crippen LogP contribution in [-0.4, -0.2) is 6.03 Å². The molecule has 0 aromatic heterocycles. The first-order chi connectivity index (χ1) is 9.04. The predicted octanol–water partition coefficient (Wildman–Crippen LogP) is 3.36. The zero-order valence-corrected chi connectivity index (χ0v) is 10.4. The van der Waals surface area contributed by atoms with Crippen molar-refractivity contribution in [3.8, 4) is 0 Å². The van der Waals surface area contributed by atoms with Gasteiger partial charge in [-0.15, -0.1) is 0 Å². The third kappa shape index (κ3) is 3.45. The molecule has 0 unspecified atom stereocenters. The summed E-state index contributed by atoms with van der Waals surface area (Å²) in [7, 11) is 0. The molecule has 0 saturated heterocycles. The van der Waals surface area contributed by atoms with Gasteiger partial charge in [-0.3, -0.25) is 0 Å². The molecule has 0 aliphatic rings. The van der Waals surface area contributed by atoms with E-state index in [0.717, 1.165) is 5.56 Å². The molecule has 2 rings (SSSR count). The van der Waals surface area contributed by atoms with Crippen LogP contribution in [-0.2, 0) is 0 Å². The second-order valence-corrected chi connectivity index (χ2v) is 4.18. The Kier molecular flexibility index (Phi) is 3.66. The molecule has 2 aromatic rings. The maximum absolute atomic E-state index is 13.0. The average molecular weight is 259 g/mol. The highest BCUT2D eigenvalue weighted by Crippen LogP contribution is 2.17. The van der Waals surface area contributed by atoms with Crippen LogP contribution in [0.25, 0.3) is 0 Å². The van der Waals surface area contributed by atoms with Crippen molar-refractivity contribution in [3.05, 3.63) is 53.8 Å². The highest BCUT2D eigenvalue weighted by molar-refractivity contribution is 6.00.